The van der Waals surface area contributed by atoms with Crippen molar-refractivity contribution in [2.75, 3.05) is 6.79 Å². The molecule has 0 saturated heterocycles. The highest BCUT2D eigenvalue weighted by Gasteiger charge is 2.37. The molecule has 0 unspecified atom stereocenters. The zero-order valence-electron chi connectivity index (χ0n) is 12.7. The van der Waals surface area contributed by atoms with Gasteiger partial charge in [0.25, 0.3) is 0 Å². The van der Waals surface area contributed by atoms with E-state index in [0.29, 0.717) is 12.8 Å². The Morgan fingerprint density at radius 2 is 1.86 bits per heavy atom. The number of hydrogen-bond donors (Lipinski definition) is 1. The van der Waals surface area contributed by atoms with E-state index in [-0.39, 0.29) is 0 Å². The predicted molar refractivity (Wildman–Crippen MR) is 82.6 cm³/mol. The minimum atomic E-state index is 0.359. The number of nitrogens with one attached hydrogen (secondary N) is 1. The molecule has 21 heavy (non-hydrogen) atoms. The van der Waals surface area contributed by atoms with Gasteiger partial charge in [-0.2, -0.15) is 0 Å². The van der Waals surface area contributed by atoms with Gasteiger partial charge in [-0.25, -0.2) is 0 Å². The molecule has 1 heterocycles. The molecule has 3 heteroatoms. The Hall–Kier alpha value is -1.22. The summed E-state index contributed by atoms with van der Waals surface area (Å²) in [5.41, 5.74) is 1.95. The topological polar surface area (TPSA) is 30.5 Å². The molecule has 2 aliphatic carbocycles. The molecule has 1 spiro atoms. The van der Waals surface area contributed by atoms with Crippen LogP contribution in [-0.4, -0.2) is 12.8 Å². The van der Waals surface area contributed by atoms with Crippen LogP contribution in [-0.2, 0) is 6.54 Å². The van der Waals surface area contributed by atoms with Gasteiger partial charge in [0.15, 0.2) is 11.5 Å². The average molecular weight is 287 g/mol. The molecule has 0 aromatic heterocycles. The van der Waals surface area contributed by atoms with Gasteiger partial charge in [-0.05, 0) is 50.0 Å². The molecule has 114 valence electrons. The van der Waals surface area contributed by atoms with E-state index in [1.807, 2.05) is 6.07 Å². The molecule has 3 aliphatic rings. The second-order valence-electron chi connectivity index (χ2n) is 7.01. The van der Waals surface area contributed by atoms with E-state index in [0.717, 1.165) is 23.5 Å². The highest BCUT2D eigenvalue weighted by atomic mass is 16.7. The molecule has 2 fully saturated rings. The van der Waals surface area contributed by atoms with Crippen LogP contribution < -0.4 is 14.8 Å². The molecule has 1 aromatic carbocycles. The Labute approximate surface area is 127 Å². The summed E-state index contributed by atoms with van der Waals surface area (Å²) in [5, 5.41) is 3.74. The lowest BCUT2D eigenvalue weighted by Gasteiger charge is -2.37. The van der Waals surface area contributed by atoms with Crippen LogP contribution in [0.2, 0.25) is 0 Å². The largest absolute Gasteiger partial charge is 0.454 e. The van der Waals surface area contributed by atoms with Gasteiger partial charge < -0.3 is 14.8 Å². The first-order chi connectivity index (χ1) is 10.3. The van der Waals surface area contributed by atoms with E-state index in [4.69, 9.17) is 9.47 Å². The third-order valence-corrected chi connectivity index (χ3v) is 5.77. The Balaban J connectivity index is 1.33. The molecule has 2 saturated carbocycles. The van der Waals surface area contributed by atoms with Gasteiger partial charge in [-0.3, -0.25) is 0 Å². The van der Waals surface area contributed by atoms with Crippen LogP contribution in [0.25, 0.3) is 0 Å². The molecule has 0 amide bonds. The molecule has 1 N–H and O–H groups in total. The van der Waals surface area contributed by atoms with Crippen molar-refractivity contribution in [2.45, 2.75) is 64.0 Å². The van der Waals surface area contributed by atoms with Crippen molar-refractivity contribution in [1.82, 2.24) is 5.32 Å². The summed E-state index contributed by atoms with van der Waals surface area (Å²) in [6, 6.07) is 6.85. The van der Waals surface area contributed by atoms with E-state index in [2.05, 4.69) is 17.4 Å². The van der Waals surface area contributed by atoms with E-state index in [1.165, 1.54) is 56.9 Å². The van der Waals surface area contributed by atoms with E-state index >= 15 is 0 Å². The summed E-state index contributed by atoms with van der Waals surface area (Å²) >= 11 is 0. The van der Waals surface area contributed by atoms with Crippen LogP contribution in [0.5, 0.6) is 11.5 Å². The van der Waals surface area contributed by atoms with Gasteiger partial charge in [-0.15, -0.1) is 0 Å². The van der Waals surface area contributed by atoms with Crippen molar-refractivity contribution in [3.8, 4) is 11.5 Å². The fraction of sp³-hybridized carbons (Fsp3) is 0.667. The normalized spacial score (nSPS) is 23.8. The third kappa shape index (κ3) is 2.64. The maximum atomic E-state index is 5.58. The van der Waals surface area contributed by atoms with Gasteiger partial charge in [-0.1, -0.05) is 25.0 Å². The van der Waals surface area contributed by atoms with E-state index in [1.54, 1.807) is 0 Å². The van der Waals surface area contributed by atoms with Crippen LogP contribution in [0.4, 0.5) is 0 Å². The molecule has 1 aromatic rings. The zero-order chi connectivity index (χ0) is 14.1. The van der Waals surface area contributed by atoms with Crippen molar-refractivity contribution < 1.29 is 9.47 Å². The first kappa shape index (κ1) is 13.4. The zero-order valence-corrected chi connectivity index (χ0v) is 12.7. The minimum absolute atomic E-state index is 0.359. The summed E-state index contributed by atoms with van der Waals surface area (Å²) in [6.45, 7) is 1.25. The second kappa shape index (κ2) is 5.53. The van der Waals surface area contributed by atoms with Gasteiger partial charge in [0.05, 0.1) is 0 Å². The lowest BCUT2D eigenvalue weighted by Crippen LogP contribution is -2.36. The molecule has 1 aliphatic heterocycles. The second-order valence-corrected chi connectivity index (χ2v) is 7.01. The van der Waals surface area contributed by atoms with Crippen molar-refractivity contribution in [3.05, 3.63) is 23.8 Å². The monoisotopic (exact) mass is 287 g/mol. The quantitative estimate of drug-likeness (QED) is 0.911. The first-order valence-corrected chi connectivity index (χ1v) is 8.46. The molecule has 0 atom stereocenters. The Morgan fingerprint density at radius 1 is 1.05 bits per heavy atom. The highest BCUT2D eigenvalue weighted by Crippen LogP contribution is 2.49. The average Bonchev–Trinajstić information content (AvgIpc) is 3.16. The Kier molecular flexibility index (Phi) is 3.54. The maximum Gasteiger partial charge on any atom is 0.231 e. The number of hydrogen-bond acceptors (Lipinski definition) is 3. The number of rotatable bonds is 3. The van der Waals surface area contributed by atoms with Gasteiger partial charge in [0, 0.05) is 18.2 Å². The summed E-state index contributed by atoms with van der Waals surface area (Å²) in [5.74, 6) is 1.83. The standard InChI is InChI=1S/C18H25NO2/c1-2-9-18(8-1)10-6-15(7-11-18)19-12-14-4-3-5-16-17(14)21-13-20-16/h3-5,15,19H,1-2,6-13H2. The summed E-state index contributed by atoms with van der Waals surface area (Å²) in [6.07, 6.45) is 11.4. The van der Waals surface area contributed by atoms with Crippen molar-refractivity contribution >= 4 is 0 Å². The van der Waals surface area contributed by atoms with Crippen LogP contribution in [0.1, 0.15) is 56.9 Å². The fourth-order valence-corrected chi connectivity index (χ4v) is 4.44. The predicted octanol–water partition coefficient (Wildman–Crippen LogP) is 4.01. The smallest absolute Gasteiger partial charge is 0.231 e. The number of benzene rings is 1. The molecule has 0 bridgehead atoms. The number of fused-ring (bicyclic) bond motifs is 1. The van der Waals surface area contributed by atoms with Crippen LogP contribution >= 0.6 is 0 Å². The Morgan fingerprint density at radius 3 is 2.67 bits per heavy atom. The fourth-order valence-electron chi connectivity index (χ4n) is 4.44. The van der Waals surface area contributed by atoms with Gasteiger partial charge in [0.1, 0.15) is 0 Å². The molecule has 4 rings (SSSR count). The first-order valence-electron chi connectivity index (χ1n) is 8.46. The summed E-state index contributed by atoms with van der Waals surface area (Å²) < 4.78 is 11.0. The van der Waals surface area contributed by atoms with Crippen molar-refractivity contribution in [3.63, 3.8) is 0 Å². The molecule has 0 radical (unpaired) electrons. The lowest BCUT2D eigenvalue weighted by atomic mass is 9.71. The maximum absolute atomic E-state index is 5.58. The molecular formula is C18H25NO2. The summed E-state index contributed by atoms with van der Waals surface area (Å²) in [4.78, 5) is 0. The minimum Gasteiger partial charge on any atom is -0.454 e. The highest BCUT2D eigenvalue weighted by molar-refractivity contribution is 5.48. The SMILES string of the molecule is c1cc(CNC2CCC3(CCCC3)CC2)c2c(c1)OCO2. The number of para-hydroxylation sites is 1. The molecule has 3 nitrogen and oxygen atoms in total. The summed E-state index contributed by atoms with van der Waals surface area (Å²) in [7, 11) is 0. The van der Waals surface area contributed by atoms with Gasteiger partial charge >= 0.3 is 0 Å². The van der Waals surface area contributed by atoms with E-state index in [9.17, 15) is 0 Å². The van der Waals surface area contributed by atoms with Crippen molar-refractivity contribution in [2.24, 2.45) is 5.41 Å². The molecular weight excluding hydrogens is 262 g/mol. The third-order valence-electron chi connectivity index (χ3n) is 5.77. The lowest BCUT2D eigenvalue weighted by molar-refractivity contribution is 0.166. The van der Waals surface area contributed by atoms with Crippen LogP contribution in [0, 0.1) is 5.41 Å². The van der Waals surface area contributed by atoms with Crippen molar-refractivity contribution in [1.29, 1.82) is 0 Å². The van der Waals surface area contributed by atoms with Crippen LogP contribution in [0.3, 0.4) is 0 Å². The van der Waals surface area contributed by atoms with Crippen LogP contribution in [0.15, 0.2) is 18.2 Å². The number of ether oxygens (including phenoxy) is 2. The Bertz CT molecular complexity index is 498. The van der Waals surface area contributed by atoms with E-state index < -0.39 is 0 Å². The van der Waals surface area contributed by atoms with Gasteiger partial charge in [0.2, 0.25) is 6.79 Å².